The van der Waals surface area contributed by atoms with Crippen molar-refractivity contribution in [2.45, 2.75) is 26.3 Å². The first kappa shape index (κ1) is 13.3. The number of nitrogens with zero attached hydrogens (tertiary/aromatic N) is 3. The second-order valence-corrected chi connectivity index (χ2v) is 4.56. The molecule has 0 aliphatic rings. The van der Waals surface area contributed by atoms with Crippen molar-refractivity contribution in [1.82, 2.24) is 19.9 Å². The number of carbonyl (C=O) groups excluding carboxylic acids is 1. The number of aryl methyl sites for hydroxylation is 2. The first-order chi connectivity index (χ1) is 9.11. The fraction of sp³-hybridized carbons (Fsp3) is 0.357. The summed E-state index contributed by atoms with van der Waals surface area (Å²) < 4.78 is 1.70. The van der Waals surface area contributed by atoms with Gasteiger partial charge < -0.3 is 9.88 Å². The van der Waals surface area contributed by atoms with E-state index in [1.165, 1.54) is 0 Å². The molecule has 2 aromatic rings. The average molecular weight is 258 g/mol. The monoisotopic (exact) mass is 258 g/mol. The van der Waals surface area contributed by atoms with Gasteiger partial charge in [-0.25, -0.2) is 4.98 Å². The molecule has 1 N–H and O–H groups in total. The maximum Gasteiger partial charge on any atom is 0.287 e. The molecule has 2 rings (SSSR count). The van der Waals surface area contributed by atoms with E-state index in [0.717, 1.165) is 17.7 Å². The van der Waals surface area contributed by atoms with Gasteiger partial charge in [-0.3, -0.25) is 9.78 Å². The summed E-state index contributed by atoms with van der Waals surface area (Å²) in [7, 11) is 1.80. The molecule has 0 aliphatic carbocycles. The van der Waals surface area contributed by atoms with E-state index in [1.54, 1.807) is 24.0 Å². The lowest BCUT2D eigenvalue weighted by atomic mass is 10.1. The molecule has 2 heterocycles. The van der Waals surface area contributed by atoms with Crippen molar-refractivity contribution < 1.29 is 4.79 Å². The molecule has 1 amide bonds. The normalized spacial score (nSPS) is 12.2. The predicted octanol–water partition coefficient (Wildman–Crippen LogP) is 2.00. The summed E-state index contributed by atoms with van der Waals surface area (Å²) in [4.78, 5) is 20.5. The Kier molecular flexibility index (Phi) is 3.94. The van der Waals surface area contributed by atoms with E-state index in [2.05, 4.69) is 15.3 Å². The van der Waals surface area contributed by atoms with Crippen LogP contribution < -0.4 is 5.32 Å². The molecule has 0 aromatic carbocycles. The quantitative estimate of drug-likeness (QED) is 0.912. The van der Waals surface area contributed by atoms with Crippen molar-refractivity contribution in [3.8, 4) is 0 Å². The lowest BCUT2D eigenvalue weighted by Crippen LogP contribution is -2.30. The minimum Gasteiger partial charge on any atom is -0.341 e. The molecule has 0 spiro atoms. The van der Waals surface area contributed by atoms with Crippen molar-refractivity contribution in [3.05, 3.63) is 47.8 Å². The van der Waals surface area contributed by atoms with Gasteiger partial charge in [-0.15, -0.1) is 0 Å². The number of hydrogen-bond donors (Lipinski definition) is 1. The van der Waals surface area contributed by atoms with Crippen LogP contribution in [0.4, 0.5) is 0 Å². The Hall–Kier alpha value is -2.17. The molecule has 5 nitrogen and oxygen atoms in total. The zero-order valence-electron chi connectivity index (χ0n) is 11.4. The van der Waals surface area contributed by atoms with Crippen LogP contribution in [0.2, 0.25) is 0 Å². The molecule has 0 saturated heterocycles. The van der Waals surface area contributed by atoms with E-state index in [9.17, 15) is 4.79 Å². The van der Waals surface area contributed by atoms with Crippen LogP contribution in [0.3, 0.4) is 0 Å². The summed E-state index contributed by atoms with van der Waals surface area (Å²) >= 11 is 0. The van der Waals surface area contributed by atoms with Gasteiger partial charge in [0.15, 0.2) is 5.82 Å². The lowest BCUT2D eigenvalue weighted by molar-refractivity contribution is 0.0921. The van der Waals surface area contributed by atoms with Gasteiger partial charge in [-0.1, -0.05) is 13.0 Å². The number of hydrogen-bond acceptors (Lipinski definition) is 3. The third-order valence-electron chi connectivity index (χ3n) is 3.03. The van der Waals surface area contributed by atoms with E-state index >= 15 is 0 Å². The molecular weight excluding hydrogens is 240 g/mol. The fourth-order valence-electron chi connectivity index (χ4n) is 1.88. The Bertz CT molecular complexity index is 559. The predicted molar refractivity (Wildman–Crippen MR) is 72.7 cm³/mol. The maximum absolute atomic E-state index is 12.1. The maximum atomic E-state index is 12.1. The van der Waals surface area contributed by atoms with Crippen LogP contribution in [0.5, 0.6) is 0 Å². The average Bonchev–Trinajstić information content (AvgIpc) is 2.83. The smallest absolute Gasteiger partial charge is 0.287 e. The summed E-state index contributed by atoms with van der Waals surface area (Å²) in [5.41, 5.74) is 1.98. The zero-order valence-corrected chi connectivity index (χ0v) is 11.4. The molecule has 0 bridgehead atoms. The zero-order chi connectivity index (χ0) is 13.8. The SMILES string of the molecule is CCC(NC(=O)c1nccn1C)c1ccc(C)cn1. The molecule has 1 atom stereocenters. The Labute approximate surface area is 112 Å². The molecule has 2 aromatic heterocycles. The fourth-order valence-corrected chi connectivity index (χ4v) is 1.88. The third kappa shape index (κ3) is 2.99. The highest BCUT2D eigenvalue weighted by atomic mass is 16.2. The molecule has 0 radical (unpaired) electrons. The highest BCUT2D eigenvalue weighted by Gasteiger charge is 2.17. The van der Waals surface area contributed by atoms with E-state index in [1.807, 2.05) is 32.2 Å². The lowest BCUT2D eigenvalue weighted by Gasteiger charge is -2.16. The van der Waals surface area contributed by atoms with Crippen molar-refractivity contribution >= 4 is 5.91 Å². The number of pyridine rings is 1. The van der Waals surface area contributed by atoms with Crippen molar-refractivity contribution in [1.29, 1.82) is 0 Å². The van der Waals surface area contributed by atoms with Crippen molar-refractivity contribution in [2.24, 2.45) is 7.05 Å². The number of rotatable bonds is 4. The molecule has 1 unspecified atom stereocenters. The van der Waals surface area contributed by atoms with Gasteiger partial charge in [0.2, 0.25) is 0 Å². The summed E-state index contributed by atoms with van der Waals surface area (Å²) in [5, 5.41) is 2.96. The van der Waals surface area contributed by atoms with Crippen LogP contribution in [0.25, 0.3) is 0 Å². The number of carbonyl (C=O) groups is 1. The summed E-state index contributed by atoms with van der Waals surface area (Å²) in [6.07, 6.45) is 5.96. The first-order valence-corrected chi connectivity index (χ1v) is 6.32. The second kappa shape index (κ2) is 5.65. The molecule has 0 fully saturated rings. The summed E-state index contributed by atoms with van der Waals surface area (Å²) in [6.45, 7) is 4.01. The second-order valence-electron chi connectivity index (χ2n) is 4.56. The highest BCUT2D eigenvalue weighted by molar-refractivity contribution is 5.91. The van der Waals surface area contributed by atoms with Gasteiger partial charge in [0, 0.05) is 25.6 Å². The molecule has 19 heavy (non-hydrogen) atoms. The van der Waals surface area contributed by atoms with Gasteiger partial charge >= 0.3 is 0 Å². The number of nitrogens with one attached hydrogen (secondary N) is 1. The Balaban J connectivity index is 2.13. The Morgan fingerprint density at radius 2 is 2.21 bits per heavy atom. The van der Waals surface area contributed by atoms with Crippen LogP contribution in [0.15, 0.2) is 30.7 Å². The standard InChI is InChI=1S/C14H18N4O/c1-4-11(12-6-5-10(2)9-16-12)17-14(19)13-15-7-8-18(13)3/h5-9,11H,4H2,1-3H3,(H,17,19). The first-order valence-electron chi connectivity index (χ1n) is 6.32. The molecular formula is C14H18N4O. The van der Waals surface area contributed by atoms with Gasteiger partial charge in [-0.2, -0.15) is 0 Å². The van der Waals surface area contributed by atoms with E-state index in [-0.39, 0.29) is 11.9 Å². The molecule has 5 heteroatoms. The summed E-state index contributed by atoms with van der Waals surface area (Å²) in [5.74, 6) is 0.229. The van der Waals surface area contributed by atoms with E-state index in [4.69, 9.17) is 0 Å². The van der Waals surface area contributed by atoms with Crippen molar-refractivity contribution in [3.63, 3.8) is 0 Å². The minimum absolute atomic E-state index is 0.0928. The van der Waals surface area contributed by atoms with E-state index in [0.29, 0.717) is 5.82 Å². The molecule has 0 aliphatic heterocycles. The van der Waals surface area contributed by atoms with Crippen molar-refractivity contribution in [2.75, 3.05) is 0 Å². The Morgan fingerprint density at radius 3 is 2.74 bits per heavy atom. The van der Waals surface area contributed by atoms with Gasteiger partial charge in [0.05, 0.1) is 11.7 Å². The molecule has 100 valence electrons. The van der Waals surface area contributed by atoms with Gasteiger partial charge in [-0.05, 0) is 25.0 Å². The largest absolute Gasteiger partial charge is 0.341 e. The van der Waals surface area contributed by atoms with Crippen LogP contribution in [-0.2, 0) is 7.05 Å². The Morgan fingerprint density at radius 1 is 1.42 bits per heavy atom. The molecule has 0 saturated carbocycles. The highest BCUT2D eigenvalue weighted by Crippen LogP contribution is 2.15. The number of amides is 1. The van der Waals surface area contributed by atoms with E-state index < -0.39 is 0 Å². The third-order valence-corrected chi connectivity index (χ3v) is 3.03. The van der Waals surface area contributed by atoms with Crippen LogP contribution in [0, 0.1) is 6.92 Å². The minimum atomic E-state index is -0.179. The van der Waals surface area contributed by atoms with Gasteiger partial charge in [0.25, 0.3) is 5.91 Å². The van der Waals surface area contributed by atoms with Crippen LogP contribution >= 0.6 is 0 Å². The van der Waals surface area contributed by atoms with Gasteiger partial charge in [0.1, 0.15) is 0 Å². The number of imidazole rings is 1. The summed E-state index contributed by atoms with van der Waals surface area (Å²) in [6, 6.07) is 3.85. The van der Waals surface area contributed by atoms with Crippen LogP contribution in [-0.4, -0.2) is 20.4 Å². The number of aromatic nitrogens is 3. The topological polar surface area (TPSA) is 59.8 Å². The van der Waals surface area contributed by atoms with Crippen LogP contribution in [0.1, 0.15) is 41.3 Å².